The summed E-state index contributed by atoms with van der Waals surface area (Å²) in [5.74, 6) is -2.39. The van der Waals surface area contributed by atoms with Gasteiger partial charge in [-0.3, -0.25) is 9.59 Å². The van der Waals surface area contributed by atoms with Crippen LogP contribution in [0.2, 0.25) is 0 Å². The van der Waals surface area contributed by atoms with Crippen LogP contribution in [0.25, 0.3) is 0 Å². The molecule has 0 aliphatic carbocycles. The van der Waals surface area contributed by atoms with Crippen LogP contribution in [0.4, 0.5) is 5.69 Å². The number of sulfone groups is 1. The zero-order chi connectivity index (χ0) is 22.5. The fraction of sp³-hybridized carbons (Fsp3) is 0.0870. The second-order valence-corrected chi connectivity index (χ2v) is 9.23. The lowest BCUT2D eigenvalue weighted by atomic mass is 10.1. The van der Waals surface area contributed by atoms with Crippen molar-refractivity contribution in [2.45, 2.75) is 23.6 Å². The van der Waals surface area contributed by atoms with Crippen molar-refractivity contribution in [1.29, 1.82) is 0 Å². The van der Waals surface area contributed by atoms with E-state index in [1.807, 2.05) is 13.0 Å². The molecule has 0 saturated heterocycles. The minimum absolute atomic E-state index is 0.0135. The first-order chi connectivity index (χ1) is 14.6. The largest absolute Gasteiger partial charge is 0.478 e. The van der Waals surface area contributed by atoms with E-state index in [0.29, 0.717) is 5.69 Å². The number of aromatic carboxylic acids is 1. The van der Waals surface area contributed by atoms with E-state index in [2.05, 4.69) is 0 Å². The minimum atomic E-state index is -4.10. The van der Waals surface area contributed by atoms with E-state index in [0.717, 1.165) is 22.1 Å². The lowest BCUT2D eigenvalue weighted by Gasteiger charge is -2.16. The van der Waals surface area contributed by atoms with Crippen LogP contribution in [0.1, 0.15) is 42.2 Å². The van der Waals surface area contributed by atoms with E-state index in [-0.39, 0.29) is 26.5 Å². The van der Waals surface area contributed by atoms with Gasteiger partial charge in [-0.15, -0.1) is 0 Å². The molecule has 1 aliphatic rings. The Hall–Kier alpha value is -3.78. The van der Waals surface area contributed by atoms with E-state index in [9.17, 15) is 22.8 Å². The number of nitrogens with zero attached hydrogens (tertiary/aromatic N) is 1. The molecule has 0 spiro atoms. The third-order valence-corrected chi connectivity index (χ3v) is 6.90. The first-order valence-electron chi connectivity index (χ1n) is 9.30. The molecule has 0 aromatic heterocycles. The maximum atomic E-state index is 13.0. The third kappa shape index (κ3) is 3.30. The van der Waals surface area contributed by atoms with Crippen molar-refractivity contribution in [3.8, 4) is 0 Å². The molecule has 31 heavy (non-hydrogen) atoms. The Balaban J connectivity index is 1.78. The fourth-order valence-corrected chi connectivity index (χ4v) is 4.93. The van der Waals surface area contributed by atoms with Crippen molar-refractivity contribution in [2.24, 2.45) is 0 Å². The van der Waals surface area contributed by atoms with Crippen LogP contribution in [0.3, 0.4) is 0 Å². The summed E-state index contributed by atoms with van der Waals surface area (Å²) in [6, 6.07) is 14.0. The smallest absolute Gasteiger partial charge is 0.335 e. The summed E-state index contributed by atoms with van der Waals surface area (Å²) >= 11 is 0. The van der Waals surface area contributed by atoms with Crippen molar-refractivity contribution >= 4 is 33.3 Å². The number of amides is 2. The molecule has 1 heterocycles. The van der Waals surface area contributed by atoms with Gasteiger partial charge < -0.3 is 5.11 Å². The van der Waals surface area contributed by atoms with Crippen molar-refractivity contribution in [3.63, 3.8) is 0 Å². The van der Waals surface area contributed by atoms with Crippen LogP contribution in [0.15, 0.2) is 70.5 Å². The highest BCUT2D eigenvalue weighted by Crippen LogP contribution is 2.33. The Kier molecular flexibility index (Phi) is 4.74. The highest BCUT2D eigenvalue weighted by atomic mass is 32.2. The Morgan fingerprint density at radius 2 is 1.52 bits per heavy atom. The molecular formula is C23H17NO6S. The van der Waals surface area contributed by atoms with E-state index in [1.165, 1.54) is 36.4 Å². The number of benzene rings is 3. The number of anilines is 1. The molecule has 1 N–H and O–H groups in total. The van der Waals surface area contributed by atoms with Gasteiger partial charge >= 0.3 is 5.97 Å². The first-order valence-corrected chi connectivity index (χ1v) is 10.8. The lowest BCUT2D eigenvalue weighted by molar-refractivity contribution is 0.0696. The zero-order valence-corrected chi connectivity index (χ0v) is 17.4. The first kappa shape index (κ1) is 20.5. The molecule has 0 bridgehead atoms. The quantitative estimate of drug-likeness (QED) is 0.627. The predicted molar refractivity (Wildman–Crippen MR) is 112 cm³/mol. The SMILES string of the molecule is Cc1ccc(N2C(=O)c3ccc(S(=O)(=O)c4cccc(C(=O)O)c4)cc3C2=O)c(C)c1. The molecule has 7 nitrogen and oxygen atoms in total. The van der Waals surface area contributed by atoms with Gasteiger partial charge in [0, 0.05) is 0 Å². The van der Waals surface area contributed by atoms with Crippen LogP contribution < -0.4 is 4.90 Å². The van der Waals surface area contributed by atoms with Crippen LogP contribution >= 0.6 is 0 Å². The van der Waals surface area contributed by atoms with Gasteiger partial charge in [-0.2, -0.15) is 0 Å². The molecule has 4 rings (SSSR count). The maximum Gasteiger partial charge on any atom is 0.335 e. The zero-order valence-electron chi connectivity index (χ0n) is 16.6. The monoisotopic (exact) mass is 435 g/mol. The Morgan fingerprint density at radius 3 is 2.19 bits per heavy atom. The molecule has 156 valence electrons. The molecule has 0 unspecified atom stereocenters. The minimum Gasteiger partial charge on any atom is -0.478 e. The van der Waals surface area contributed by atoms with Crippen molar-refractivity contribution in [2.75, 3.05) is 4.90 Å². The number of imide groups is 1. The Bertz CT molecular complexity index is 1390. The van der Waals surface area contributed by atoms with Crippen LogP contribution in [-0.4, -0.2) is 31.3 Å². The second-order valence-electron chi connectivity index (χ2n) is 7.28. The molecule has 2 amide bonds. The van der Waals surface area contributed by atoms with Gasteiger partial charge in [-0.1, -0.05) is 23.8 Å². The normalized spacial score (nSPS) is 13.4. The van der Waals surface area contributed by atoms with Gasteiger partial charge in [-0.25, -0.2) is 18.1 Å². The number of aryl methyl sites for hydroxylation is 2. The number of carbonyl (C=O) groups excluding carboxylic acids is 2. The van der Waals surface area contributed by atoms with Gasteiger partial charge in [0.15, 0.2) is 0 Å². The molecule has 8 heteroatoms. The van der Waals surface area contributed by atoms with Crippen LogP contribution in [0, 0.1) is 13.8 Å². The average molecular weight is 435 g/mol. The van der Waals surface area contributed by atoms with Gasteiger partial charge in [0.05, 0.1) is 32.2 Å². The highest BCUT2D eigenvalue weighted by molar-refractivity contribution is 7.91. The highest BCUT2D eigenvalue weighted by Gasteiger charge is 2.38. The van der Waals surface area contributed by atoms with Gasteiger partial charge in [0.2, 0.25) is 9.84 Å². The Labute approximate surface area is 178 Å². The summed E-state index contributed by atoms with van der Waals surface area (Å²) in [5, 5.41) is 9.13. The van der Waals surface area contributed by atoms with E-state index in [4.69, 9.17) is 5.11 Å². The van der Waals surface area contributed by atoms with Gasteiger partial charge in [0.1, 0.15) is 0 Å². The predicted octanol–water partition coefficient (Wildman–Crippen LogP) is 3.64. The molecule has 3 aromatic carbocycles. The van der Waals surface area contributed by atoms with Crippen molar-refractivity contribution in [3.05, 3.63) is 88.5 Å². The number of hydrogen-bond acceptors (Lipinski definition) is 5. The summed E-state index contributed by atoms with van der Waals surface area (Å²) in [5.41, 5.74) is 2.09. The molecular weight excluding hydrogens is 418 g/mol. The number of carbonyl (C=O) groups is 3. The standard InChI is InChI=1S/C23H17NO6S/c1-13-6-9-20(14(2)10-13)24-21(25)18-8-7-17(12-19(18)22(24)26)31(29,30)16-5-3-4-15(11-16)23(27)28/h3-12H,1-2H3,(H,27,28). The van der Waals surface area contributed by atoms with E-state index < -0.39 is 27.6 Å². The van der Waals surface area contributed by atoms with Crippen LogP contribution in [0.5, 0.6) is 0 Å². The number of hydrogen-bond donors (Lipinski definition) is 1. The van der Waals surface area contributed by atoms with E-state index in [1.54, 1.807) is 19.1 Å². The number of carboxylic acids is 1. The molecule has 0 radical (unpaired) electrons. The number of fused-ring (bicyclic) bond motifs is 1. The Morgan fingerprint density at radius 1 is 0.839 bits per heavy atom. The fourth-order valence-electron chi connectivity index (χ4n) is 3.59. The lowest BCUT2D eigenvalue weighted by Crippen LogP contribution is -2.30. The third-order valence-electron chi connectivity index (χ3n) is 5.15. The van der Waals surface area contributed by atoms with Crippen molar-refractivity contribution in [1.82, 2.24) is 0 Å². The van der Waals surface area contributed by atoms with Crippen LogP contribution in [-0.2, 0) is 9.84 Å². The molecule has 0 atom stereocenters. The number of carboxylic acid groups (broad SMARTS) is 1. The summed E-state index contributed by atoms with van der Waals surface area (Å²) in [4.78, 5) is 37.7. The summed E-state index contributed by atoms with van der Waals surface area (Å²) < 4.78 is 26.1. The van der Waals surface area contributed by atoms with Gasteiger partial charge in [-0.05, 0) is 61.9 Å². The van der Waals surface area contributed by atoms with Crippen molar-refractivity contribution < 1.29 is 27.9 Å². The summed E-state index contributed by atoms with van der Waals surface area (Å²) in [6.45, 7) is 3.69. The second kappa shape index (κ2) is 7.17. The molecule has 3 aromatic rings. The molecule has 0 fully saturated rings. The number of rotatable bonds is 4. The van der Waals surface area contributed by atoms with E-state index >= 15 is 0 Å². The average Bonchev–Trinajstić information content (AvgIpc) is 2.98. The maximum absolute atomic E-state index is 13.0. The summed E-state index contributed by atoms with van der Waals surface area (Å²) in [7, 11) is -4.10. The van der Waals surface area contributed by atoms with Gasteiger partial charge in [0.25, 0.3) is 11.8 Å². The summed E-state index contributed by atoms with van der Waals surface area (Å²) in [6.07, 6.45) is 0. The molecule has 1 aliphatic heterocycles. The molecule has 0 saturated carbocycles. The topological polar surface area (TPSA) is 109 Å².